The molecule has 3 heteroatoms. The first kappa shape index (κ1) is 9.71. The minimum Gasteiger partial charge on any atom is -0.459 e. The van der Waals surface area contributed by atoms with Crippen molar-refractivity contribution in [2.24, 2.45) is 0 Å². The monoisotopic (exact) mass is 196 g/mol. The van der Waals surface area contributed by atoms with E-state index in [1.54, 1.807) is 6.92 Å². The maximum absolute atomic E-state index is 11.2. The molecule has 78 valence electrons. The Bertz CT molecular complexity index is 262. The fourth-order valence-corrected chi connectivity index (χ4v) is 2.21. The fourth-order valence-electron chi connectivity index (χ4n) is 2.21. The van der Waals surface area contributed by atoms with Gasteiger partial charge in [-0.15, -0.1) is 0 Å². The van der Waals surface area contributed by atoms with Gasteiger partial charge < -0.3 is 9.47 Å². The van der Waals surface area contributed by atoms with Gasteiger partial charge in [-0.3, -0.25) is 0 Å². The highest BCUT2D eigenvalue weighted by Crippen LogP contribution is 2.43. The van der Waals surface area contributed by atoms with Crippen LogP contribution in [0.4, 0.5) is 0 Å². The molecule has 2 aliphatic heterocycles. The lowest BCUT2D eigenvalue weighted by atomic mass is 9.89. The van der Waals surface area contributed by atoms with E-state index in [9.17, 15) is 4.79 Å². The molecular weight excluding hydrogens is 180 g/mol. The van der Waals surface area contributed by atoms with Gasteiger partial charge in [0.2, 0.25) is 0 Å². The third-order valence-electron chi connectivity index (χ3n) is 3.08. The van der Waals surface area contributed by atoms with Crippen molar-refractivity contribution in [1.29, 1.82) is 0 Å². The van der Waals surface area contributed by atoms with E-state index in [4.69, 9.17) is 9.47 Å². The Balaban J connectivity index is 1.86. The van der Waals surface area contributed by atoms with Gasteiger partial charge in [-0.2, -0.15) is 0 Å². The molecule has 2 bridgehead atoms. The van der Waals surface area contributed by atoms with E-state index in [1.165, 1.54) is 0 Å². The second kappa shape index (κ2) is 3.39. The van der Waals surface area contributed by atoms with Crippen LogP contribution in [-0.2, 0) is 14.3 Å². The molecule has 0 radical (unpaired) electrons. The second-order valence-electron chi connectivity index (χ2n) is 4.36. The normalized spacial score (nSPS) is 34.5. The third kappa shape index (κ3) is 1.69. The molecule has 0 spiro atoms. The van der Waals surface area contributed by atoms with Gasteiger partial charge in [-0.25, -0.2) is 4.79 Å². The van der Waals surface area contributed by atoms with Crippen molar-refractivity contribution in [3.05, 3.63) is 12.2 Å². The zero-order valence-electron chi connectivity index (χ0n) is 8.54. The molecule has 0 atom stereocenters. The molecule has 0 aromatic carbocycles. The van der Waals surface area contributed by atoms with Crippen molar-refractivity contribution in [1.82, 2.24) is 0 Å². The van der Waals surface area contributed by atoms with Crippen LogP contribution in [0.5, 0.6) is 0 Å². The maximum Gasteiger partial charge on any atom is 0.333 e. The Labute approximate surface area is 84.1 Å². The lowest BCUT2D eigenvalue weighted by Gasteiger charge is -2.23. The van der Waals surface area contributed by atoms with Crippen molar-refractivity contribution < 1.29 is 14.3 Å². The van der Waals surface area contributed by atoms with E-state index in [0.717, 1.165) is 25.7 Å². The number of carbonyl (C=O) groups is 1. The van der Waals surface area contributed by atoms with Crippen molar-refractivity contribution in [2.45, 2.75) is 44.3 Å². The number of rotatable bonds is 3. The maximum atomic E-state index is 11.2. The lowest BCUT2D eigenvalue weighted by Crippen LogP contribution is -2.32. The van der Waals surface area contributed by atoms with Crippen LogP contribution in [0.3, 0.4) is 0 Å². The van der Waals surface area contributed by atoms with E-state index in [1.807, 2.05) is 0 Å². The van der Waals surface area contributed by atoms with E-state index in [2.05, 4.69) is 6.58 Å². The largest absolute Gasteiger partial charge is 0.459 e. The molecule has 2 saturated heterocycles. The summed E-state index contributed by atoms with van der Waals surface area (Å²) in [5.74, 6) is -0.307. The predicted octanol–water partition coefficient (Wildman–Crippen LogP) is 1.82. The van der Waals surface area contributed by atoms with Crippen LogP contribution in [0.25, 0.3) is 0 Å². The SMILES string of the molecule is C=C(C)C(=O)OCC12CCC(CC1)O2. The number of esters is 1. The fraction of sp³-hybridized carbons (Fsp3) is 0.727. The smallest absolute Gasteiger partial charge is 0.333 e. The Morgan fingerprint density at radius 2 is 2.21 bits per heavy atom. The summed E-state index contributed by atoms with van der Waals surface area (Å²) in [5, 5.41) is 0. The molecular formula is C11H16O3. The molecule has 0 unspecified atom stereocenters. The van der Waals surface area contributed by atoms with Crippen LogP contribution >= 0.6 is 0 Å². The first-order valence-electron chi connectivity index (χ1n) is 5.12. The molecule has 2 aliphatic rings. The molecule has 0 aromatic rings. The van der Waals surface area contributed by atoms with E-state index >= 15 is 0 Å². The molecule has 2 rings (SSSR count). The molecule has 2 fully saturated rings. The Morgan fingerprint density at radius 1 is 1.57 bits per heavy atom. The van der Waals surface area contributed by atoms with Gasteiger partial charge in [-0.1, -0.05) is 6.58 Å². The summed E-state index contributed by atoms with van der Waals surface area (Å²) in [6.45, 7) is 5.60. The zero-order valence-corrected chi connectivity index (χ0v) is 8.54. The van der Waals surface area contributed by atoms with Gasteiger partial charge in [-0.05, 0) is 32.6 Å². The summed E-state index contributed by atoms with van der Waals surface area (Å²) in [6.07, 6.45) is 4.70. The molecule has 14 heavy (non-hydrogen) atoms. The molecule has 2 heterocycles. The number of ether oxygens (including phenoxy) is 2. The van der Waals surface area contributed by atoms with E-state index in [0.29, 0.717) is 18.3 Å². The lowest BCUT2D eigenvalue weighted by molar-refractivity contribution is -0.146. The van der Waals surface area contributed by atoms with Gasteiger partial charge in [0.15, 0.2) is 0 Å². The topological polar surface area (TPSA) is 35.5 Å². The quantitative estimate of drug-likeness (QED) is 0.510. The van der Waals surface area contributed by atoms with Crippen molar-refractivity contribution in [3.8, 4) is 0 Å². The average molecular weight is 196 g/mol. The molecule has 0 aliphatic carbocycles. The van der Waals surface area contributed by atoms with Gasteiger partial charge in [0.05, 0.1) is 6.10 Å². The molecule has 0 saturated carbocycles. The number of hydrogen-bond donors (Lipinski definition) is 0. The first-order valence-corrected chi connectivity index (χ1v) is 5.12. The zero-order chi connectivity index (χ0) is 10.2. The average Bonchev–Trinajstić information content (AvgIpc) is 2.74. The van der Waals surface area contributed by atoms with Crippen molar-refractivity contribution in [2.75, 3.05) is 6.61 Å². The summed E-state index contributed by atoms with van der Waals surface area (Å²) < 4.78 is 10.9. The van der Waals surface area contributed by atoms with E-state index < -0.39 is 0 Å². The summed E-state index contributed by atoms with van der Waals surface area (Å²) in [7, 11) is 0. The van der Waals surface area contributed by atoms with Crippen LogP contribution < -0.4 is 0 Å². The van der Waals surface area contributed by atoms with Crippen LogP contribution in [-0.4, -0.2) is 24.3 Å². The Morgan fingerprint density at radius 3 is 2.64 bits per heavy atom. The van der Waals surface area contributed by atoms with E-state index in [-0.39, 0.29) is 11.6 Å². The minimum atomic E-state index is -0.307. The molecule has 0 N–H and O–H groups in total. The summed E-state index contributed by atoms with van der Waals surface area (Å²) in [4.78, 5) is 11.2. The van der Waals surface area contributed by atoms with Crippen LogP contribution in [0.15, 0.2) is 12.2 Å². The molecule has 3 nitrogen and oxygen atoms in total. The van der Waals surface area contributed by atoms with Gasteiger partial charge in [0.1, 0.15) is 12.2 Å². The third-order valence-corrected chi connectivity index (χ3v) is 3.08. The van der Waals surface area contributed by atoms with Crippen molar-refractivity contribution >= 4 is 5.97 Å². The standard InChI is InChI=1S/C11H16O3/c1-8(2)10(12)13-7-11-5-3-9(14-11)4-6-11/h9H,1,3-7H2,2H3. The van der Waals surface area contributed by atoms with Crippen LogP contribution in [0.2, 0.25) is 0 Å². The predicted molar refractivity (Wildman–Crippen MR) is 51.8 cm³/mol. The van der Waals surface area contributed by atoms with Gasteiger partial charge >= 0.3 is 5.97 Å². The number of carbonyl (C=O) groups excluding carboxylic acids is 1. The second-order valence-corrected chi connectivity index (χ2v) is 4.36. The summed E-state index contributed by atoms with van der Waals surface area (Å²) in [6, 6.07) is 0. The number of hydrogen-bond acceptors (Lipinski definition) is 3. The minimum absolute atomic E-state index is 0.157. The summed E-state index contributed by atoms with van der Waals surface area (Å²) >= 11 is 0. The molecule has 0 amide bonds. The highest BCUT2D eigenvalue weighted by atomic mass is 16.6. The Kier molecular flexibility index (Phi) is 2.35. The summed E-state index contributed by atoms with van der Waals surface area (Å²) in [5.41, 5.74) is 0.296. The van der Waals surface area contributed by atoms with Gasteiger partial charge in [0.25, 0.3) is 0 Å². The highest BCUT2D eigenvalue weighted by Gasteiger charge is 2.46. The number of fused-ring (bicyclic) bond motifs is 2. The first-order chi connectivity index (χ1) is 6.61. The van der Waals surface area contributed by atoms with Crippen molar-refractivity contribution in [3.63, 3.8) is 0 Å². The van der Waals surface area contributed by atoms with Gasteiger partial charge in [0, 0.05) is 5.57 Å². The van der Waals surface area contributed by atoms with Crippen LogP contribution in [0, 0.1) is 0 Å². The molecule has 0 aromatic heterocycles. The van der Waals surface area contributed by atoms with Crippen LogP contribution in [0.1, 0.15) is 32.6 Å². The highest BCUT2D eigenvalue weighted by molar-refractivity contribution is 5.86. The Hall–Kier alpha value is -0.830.